The van der Waals surface area contributed by atoms with Crippen LogP contribution in [0.2, 0.25) is 0 Å². The molecule has 1 amide bonds. The van der Waals surface area contributed by atoms with Crippen molar-refractivity contribution in [3.8, 4) is 0 Å². The lowest BCUT2D eigenvalue weighted by atomic mass is 10.0. The quantitative estimate of drug-likeness (QED) is 0.842. The van der Waals surface area contributed by atoms with Gasteiger partial charge in [0.25, 0.3) is 11.5 Å². The Balaban J connectivity index is 2.28. The summed E-state index contributed by atoms with van der Waals surface area (Å²) in [5, 5.41) is 0. The molecule has 2 rings (SSSR count). The van der Waals surface area contributed by atoms with Crippen LogP contribution in [0.4, 0.5) is 13.6 Å². The predicted molar refractivity (Wildman–Crippen MR) is 77.7 cm³/mol. The number of rotatable bonds is 1. The molecule has 23 heavy (non-hydrogen) atoms. The van der Waals surface area contributed by atoms with Crippen LogP contribution in [0, 0.1) is 0 Å². The Hall–Kier alpha value is -2.19. The van der Waals surface area contributed by atoms with Gasteiger partial charge >= 0.3 is 11.8 Å². The first-order valence-corrected chi connectivity index (χ1v) is 7.17. The van der Waals surface area contributed by atoms with Crippen LogP contribution in [-0.4, -0.2) is 45.2 Å². The molecule has 0 spiro atoms. The summed E-state index contributed by atoms with van der Waals surface area (Å²) in [5.41, 5.74) is -2.36. The number of carbonyl (C=O) groups excluding carboxylic acids is 1. The van der Waals surface area contributed by atoms with E-state index in [9.17, 15) is 23.2 Å². The minimum atomic E-state index is -3.18. The number of H-pyrrole nitrogens is 1. The highest BCUT2D eigenvalue weighted by Crippen LogP contribution is 2.36. The van der Waals surface area contributed by atoms with E-state index >= 15 is 0 Å². The molecular weight excluding hydrogens is 312 g/mol. The normalized spacial score (nSPS) is 21.1. The molecule has 2 heterocycles. The number of hydrogen-bond donors (Lipinski definition) is 1. The number of amides is 1. The summed E-state index contributed by atoms with van der Waals surface area (Å²) < 4.78 is 34.3. The van der Waals surface area contributed by atoms with Gasteiger partial charge in [-0.2, -0.15) is 0 Å². The highest BCUT2D eigenvalue weighted by molar-refractivity contribution is 5.68. The SMILES string of the molecule is CC(C)(C)OC(=O)N1CCC(F)(F)C(n2ccc(=O)[nH]c2=O)C1. The maximum atomic E-state index is 14.2. The van der Waals surface area contributed by atoms with Crippen LogP contribution >= 0.6 is 0 Å². The number of likely N-dealkylation sites (tertiary alicyclic amines) is 1. The number of alkyl halides is 2. The van der Waals surface area contributed by atoms with Crippen LogP contribution in [0.5, 0.6) is 0 Å². The predicted octanol–water partition coefficient (Wildman–Crippen LogP) is 1.35. The number of piperidine rings is 1. The number of hydrogen-bond acceptors (Lipinski definition) is 4. The maximum Gasteiger partial charge on any atom is 0.410 e. The van der Waals surface area contributed by atoms with Gasteiger partial charge in [0.15, 0.2) is 0 Å². The van der Waals surface area contributed by atoms with E-state index in [1.54, 1.807) is 20.8 Å². The zero-order valence-corrected chi connectivity index (χ0v) is 13.1. The van der Waals surface area contributed by atoms with Crippen molar-refractivity contribution < 1.29 is 18.3 Å². The fourth-order valence-corrected chi connectivity index (χ4v) is 2.34. The molecular formula is C14H19F2N3O4. The molecule has 7 nitrogen and oxygen atoms in total. The van der Waals surface area contributed by atoms with E-state index in [2.05, 4.69) is 0 Å². The van der Waals surface area contributed by atoms with Crippen molar-refractivity contribution in [2.45, 2.75) is 44.8 Å². The van der Waals surface area contributed by atoms with E-state index in [1.165, 1.54) is 0 Å². The summed E-state index contributed by atoms with van der Waals surface area (Å²) in [5.74, 6) is -3.18. The molecule has 9 heteroatoms. The molecule has 1 aromatic rings. The van der Waals surface area contributed by atoms with E-state index in [0.29, 0.717) is 0 Å². The highest BCUT2D eigenvalue weighted by atomic mass is 19.3. The molecule has 0 radical (unpaired) electrons. The highest BCUT2D eigenvalue weighted by Gasteiger charge is 2.47. The molecule has 1 aliphatic heterocycles. The largest absolute Gasteiger partial charge is 0.444 e. The molecule has 0 bridgehead atoms. The lowest BCUT2D eigenvalue weighted by molar-refractivity contribution is -0.0991. The molecule has 0 aromatic carbocycles. The van der Waals surface area contributed by atoms with Crippen LogP contribution in [0.1, 0.15) is 33.2 Å². The minimum Gasteiger partial charge on any atom is -0.444 e. The number of halogens is 2. The summed E-state index contributed by atoms with van der Waals surface area (Å²) in [6.07, 6.45) is -0.295. The van der Waals surface area contributed by atoms with Crippen molar-refractivity contribution in [2.24, 2.45) is 0 Å². The van der Waals surface area contributed by atoms with E-state index < -0.39 is 41.3 Å². The molecule has 1 aromatic heterocycles. The van der Waals surface area contributed by atoms with Crippen LogP contribution in [0.25, 0.3) is 0 Å². The minimum absolute atomic E-state index is 0.170. The lowest BCUT2D eigenvalue weighted by Gasteiger charge is -2.39. The van der Waals surface area contributed by atoms with Gasteiger partial charge in [-0.05, 0) is 20.8 Å². The Morgan fingerprint density at radius 1 is 1.39 bits per heavy atom. The molecule has 0 aliphatic carbocycles. The van der Waals surface area contributed by atoms with Crippen molar-refractivity contribution in [1.29, 1.82) is 0 Å². The Morgan fingerprint density at radius 3 is 2.61 bits per heavy atom. The molecule has 0 saturated carbocycles. The first-order chi connectivity index (χ1) is 10.5. The average Bonchev–Trinajstić information content (AvgIpc) is 2.37. The van der Waals surface area contributed by atoms with Crippen LogP contribution < -0.4 is 11.2 Å². The van der Waals surface area contributed by atoms with E-state index in [4.69, 9.17) is 4.74 Å². The van der Waals surface area contributed by atoms with Crippen molar-refractivity contribution in [3.63, 3.8) is 0 Å². The number of aromatic amines is 1. The van der Waals surface area contributed by atoms with E-state index in [-0.39, 0.29) is 13.1 Å². The molecule has 1 saturated heterocycles. The van der Waals surface area contributed by atoms with Crippen LogP contribution in [0.3, 0.4) is 0 Å². The second kappa shape index (κ2) is 5.78. The second-order valence-electron chi connectivity index (χ2n) is 6.47. The number of nitrogens with zero attached hydrogens (tertiary/aromatic N) is 2. The Morgan fingerprint density at radius 2 is 2.04 bits per heavy atom. The number of aromatic nitrogens is 2. The Kier molecular flexibility index (Phi) is 4.32. The van der Waals surface area contributed by atoms with E-state index in [0.717, 1.165) is 21.7 Å². The van der Waals surface area contributed by atoms with E-state index in [1.807, 2.05) is 4.98 Å². The third kappa shape index (κ3) is 3.96. The van der Waals surface area contributed by atoms with Gasteiger partial charge in [-0.1, -0.05) is 0 Å². The van der Waals surface area contributed by atoms with Crippen molar-refractivity contribution >= 4 is 6.09 Å². The van der Waals surface area contributed by atoms with Crippen molar-refractivity contribution in [3.05, 3.63) is 33.1 Å². The standard InChI is InChI=1S/C14H19F2N3O4/c1-13(2,3)23-12(22)18-7-5-14(15,16)9(8-18)19-6-4-10(20)17-11(19)21/h4,6,9H,5,7-8H2,1-3H3,(H,17,20,21). The maximum absolute atomic E-state index is 14.2. The van der Waals surface area contributed by atoms with Crippen molar-refractivity contribution in [2.75, 3.05) is 13.1 Å². The third-order valence-electron chi connectivity index (χ3n) is 3.43. The third-order valence-corrected chi connectivity index (χ3v) is 3.43. The van der Waals surface area contributed by atoms with Gasteiger partial charge in [-0.3, -0.25) is 14.3 Å². The Bertz CT molecular complexity index is 705. The molecule has 1 atom stereocenters. The first kappa shape index (κ1) is 17.2. The monoisotopic (exact) mass is 331 g/mol. The molecule has 1 fully saturated rings. The zero-order valence-electron chi connectivity index (χ0n) is 13.1. The number of carbonyl (C=O) groups is 1. The molecule has 1 aliphatic rings. The lowest BCUT2D eigenvalue weighted by Crippen LogP contribution is -2.53. The fourth-order valence-electron chi connectivity index (χ4n) is 2.34. The fraction of sp³-hybridized carbons (Fsp3) is 0.643. The summed E-state index contributed by atoms with van der Waals surface area (Å²) >= 11 is 0. The smallest absolute Gasteiger partial charge is 0.410 e. The molecule has 1 unspecified atom stereocenters. The van der Waals surface area contributed by atoms with Crippen molar-refractivity contribution in [1.82, 2.24) is 14.5 Å². The summed E-state index contributed by atoms with van der Waals surface area (Å²) in [6, 6.07) is -0.572. The van der Waals surface area contributed by atoms with Gasteiger partial charge in [0.05, 0.1) is 6.54 Å². The average molecular weight is 331 g/mol. The molecule has 128 valence electrons. The van der Waals surface area contributed by atoms with Gasteiger partial charge in [0.2, 0.25) is 0 Å². The Labute approximate surface area is 130 Å². The first-order valence-electron chi connectivity index (χ1n) is 7.17. The van der Waals surface area contributed by atoms with Gasteiger partial charge in [0, 0.05) is 25.2 Å². The second-order valence-corrected chi connectivity index (χ2v) is 6.47. The van der Waals surface area contributed by atoms with Crippen LogP contribution in [-0.2, 0) is 4.74 Å². The number of ether oxygens (including phenoxy) is 1. The van der Waals surface area contributed by atoms with Crippen LogP contribution in [0.15, 0.2) is 21.9 Å². The number of nitrogens with one attached hydrogen (secondary N) is 1. The summed E-state index contributed by atoms with van der Waals surface area (Å²) in [6.45, 7) is 4.47. The zero-order chi connectivity index (χ0) is 17.4. The van der Waals surface area contributed by atoms with Gasteiger partial charge in [0.1, 0.15) is 11.6 Å². The molecule has 1 N–H and O–H groups in total. The summed E-state index contributed by atoms with van der Waals surface area (Å²) in [4.78, 5) is 38.0. The topological polar surface area (TPSA) is 84.4 Å². The van der Waals surface area contributed by atoms with Gasteiger partial charge in [-0.15, -0.1) is 0 Å². The summed E-state index contributed by atoms with van der Waals surface area (Å²) in [7, 11) is 0. The van der Waals surface area contributed by atoms with Gasteiger partial charge < -0.3 is 9.64 Å². The van der Waals surface area contributed by atoms with Gasteiger partial charge in [-0.25, -0.2) is 18.4 Å².